The van der Waals surface area contributed by atoms with Crippen LogP contribution in [0.5, 0.6) is 0 Å². The fraction of sp³-hybridized carbons (Fsp3) is 0.375. The Morgan fingerprint density at radius 3 is 2.47 bits per heavy atom. The van der Waals surface area contributed by atoms with E-state index in [2.05, 4.69) is 78.4 Å². The summed E-state index contributed by atoms with van der Waals surface area (Å²) in [5, 5.41) is 13.5. The van der Waals surface area contributed by atoms with Crippen LogP contribution in [-0.2, 0) is 12.0 Å². The van der Waals surface area contributed by atoms with Crippen LogP contribution in [0.1, 0.15) is 42.4 Å². The quantitative estimate of drug-likeness (QED) is 0.273. The highest BCUT2D eigenvalue weighted by Gasteiger charge is 2.57. The summed E-state index contributed by atoms with van der Waals surface area (Å²) in [5.41, 5.74) is 2.18. The molecule has 1 fully saturated rings. The Labute approximate surface area is 245 Å². The third kappa shape index (κ3) is 5.97. The van der Waals surface area contributed by atoms with Crippen molar-refractivity contribution in [1.29, 1.82) is 0 Å². The maximum Gasteiger partial charge on any atom is 0.141 e. The standard InChI is InChI=1S/C32H34ClNOS3/c1-34(21-10-14-25-12-4-2-5-13-25)20-9-3-8-19-31(36-22-11-23-37-31)32(35)27-15-6-7-16-29(27)38-30-18-17-26(33)24-28(30)32/h2,4-7,12-13,15-18,24,35H,8,10-11,14,19-23H2,1H3. The zero-order valence-corrected chi connectivity index (χ0v) is 25.0. The van der Waals surface area contributed by atoms with Crippen LogP contribution in [-0.4, -0.2) is 45.7 Å². The number of rotatable bonds is 8. The molecule has 5 rings (SSSR count). The van der Waals surface area contributed by atoms with Gasteiger partial charge in [0.2, 0.25) is 0 Å². The molecule has 38 heavy (non-hydrogen) atoms. The van der Waals surface area contributed by atoms with E-state index in [1.54, 1.807) is 11.8 Å². The molecule has 0 spiro atoms. The number of nitrogens with zero attached hydrogens (tertiary/aromatic N) is 1. The van der Waals surface area contributed by atoms with E-state index in [0.29, 0.717) is 5.02 Å². The molecule has 1 atom stereocenters. The topological polar surface area (TPSA) is 23.5 Å². The van der Waals surface area contributed by atoms with Crippen molar-refractivity contribution >= 4 is 46.9 Å². The maximum atomic E-state index is 12.8. The largest absolute Gasteiger partial charge is 0.378 e. The predicted molar refractivity (Wildman–Crippen MR) is 167 cm³/mol. The third-order valence-corrected chi connectivity index (χ3v) is 12.3. The van der Waals surface area contributed by atoms with Gasteiger partial charge in [0.1, 0.15) is 5.60 Å². The van der Waals surface area contributed by atoms with Crippen molar-refractivity contribution in [3.63, 3.8) is 0 Å². The molecular formula is C32H34ClNOS3. The fourth-order valence-electron chi connectivity index (χ4n) is 5.29. The van der Waals surface area contributed by atoms with Crippen molar-refractivity contribution in [1.82, 2.24) is 4.90 Å². The lowest BCUT2D eigenvalue weighted by atomic mass is 9.80. The summed E-state index contributed by atoms with van der Waals surface area (Å²) in [5.74, 6) is 8.94. The molecule has 1 saturated heterocycles. The van der Waals surface area contributed by atoms with Gasteiger partial charge in [-0.05, 0) is 80.6 Å². The molecule has 3 aromatic rings. The Balaban J connectivity index is 1.31. The van der Waals surface area contributed by atoms with Gasteiger partial charge in [-0.2, -0.15) is 0 Å². The Morgan fingerprint density at radius 1 is 0.921 bits per heavy atom. The molecule has 2 heterocycles. The second-order valence-corrected chi connectivity index (χ2v) is 14.5. The van der Waals surface area contributed by atoms with E-state index in [9.17, 15) is 5.11 Å². The average Bonchev–Trinajstić information content (AvgIpc) is 2.94. The van der Waals surface area contributed by atoms with Gasteiger partial charge in [0.15, 0.2) is 0 Å². The summed E-state index contributed by atoms with van der Waals surface area (Å²) in [6, 6.07) is 25.0. The summed E-state index contributed by atoms with van der Waals surface area (Å²) in [6.45, 7) is 1.80. The molecule has 2 nitrogen and oxygen atoms in total. The maximum absolute atomic E-state index is 12.8. The molecule has 3 aromatic carbocycles. The summed E-state index contributed by atoms with van der Waals surface area (Å²) in [6.07, 6.45) is 4.95. The smallest absolute Gasteiger partial charge is 0.141 e. The van der Waals surface area contributed by atoms with Crippen LogP contribution in [0.2, 0.25) is 5.02 Å². The molecule has 198 valence electrons. The highest BCUT2D eigenvalue weighted by molar-refractivity contribution is 8.18. The molecular weight excluding hydrogens is 546 g/mol. The first-order chi connectivity index (χ1) is 18.5. The normalized spacial score (nSPS) is 19.8. The number of hydrogen-bond donors (Lipinski definition) is 1. The zero-order chi connectivity index (χ0) is 26.4. The van der Waals surface area contributed by atoms with E-state index in [-0.39, 0.29) is 0 Å². The van der Waals surface area contributed by atoms with Crippen LogP contribution in [0.3, 0.4) is 0 Å². The molecule has 2 aliphatic heterocycles. The lowest BCUT2D eigenvalue weighted by Crippen LogP contribution is -2.51. The number of halogens is 1. The third-order valence-electron chi connectivity index (χ3n) is 7.24. The SMILES string of the molecule is CN(CC#CCCC1(C2(O)c3ccccc3Sc3ccc(Cl)cc32)SCCCS1)CCCc1ccccc1. The number of fused-ring (bicyclic) bond motifs is 2. The number of thioether (sulfide) groups is 2. The molecule has 0 bridgehead atoms. The lowest BCUT2D eigenvalue weighted by molar-refractivity contribution is 0.0579. The first-order valence-corrected chi connectivity index (χ1v) is 16.4. The van der Waals surface area contributed by atoms with Gasteiger partial charge in [-0.1, -0.05) is 77.8 Å². The van der Waals surface area contributed by atoms with Crippen molar-refractivity contribution in [2.24, 2.45) is 0 Å². The van der Waals surface area contributed by atoms with Crippen LogP contribution in [0, 0.1) is 11.8 Å². The van der Waals surface area contributed by atoms with Crippen molar-refractivity contribution in [2.45, 2.75) is 51.6 Å². The van der Waals surface area contributed by atoms with E-state index < -0.39 is 9.68 Å². The molecule has 0 aliphatic carbocycles. The number of hydrogen-bond acceptors (Lipinski definition) is 5. The fourth-order valence-corrected chi connectivity index (χ4v) is 10.2. The Hall–Kier alpha value is -1.52. The van der Waals surface area contributed by atoms with Crippen LogP contribution >= 0.6 is 46.9 Å². The van der Waals surface area contributed by atoms with Crippen molar-refractivity contribution in [3.05, 3.63) is 94.5 Å². The second kappa shape index (κ2) is 12.8. The van der Waals surface area contributed by atoms with Gasteiger partial charge < -0.3 is 5.11 Å². The van der Waals surface area contributed by atoms with E-state index in [1.165, 1.54) is 5.56 Å². The molecule has 1 unspecified atom stereocenters. The summed E-state index contributed by atoms with van der Waals surface area (Å²) in [4.78, 5) is 4.51. The Morgan fingerprint density at radius 2 is 1.66 bits per heavy atom. The predicted octanol–water partition coefficient (Wildman–Crippen LogP) is 7.96. The summed E-state index contributed by atoms with van der Waals surface area (Å²) in [7, 11) is 2.15. The highest BCUT2D eigenvalue weighted by atomic mass is 35.5. The Kier molecular flexibility index (Phi) is 9.42. The monoisotopic (exact) mass is 579 g/mol. The van der Waals surface area contributed by atoms with Crippen molar-refractivity contribution in [2.75, 3.05) is 31.6 Å². The van der Waals surface area contributed by atoms with Crippen LogP contribution in [0.15, 0.2) is 82.6 Å². The van der Waals surface area contributed by atoms with Crippen molar-refractivity contribution < 1.29 is 5.11 Å². The molecule has 0 saturated carbocycles. The molecule has 0 radical (unpaired) electrons. The van der Waals surface area contributed by atoms with Gasteiger partial charge in [0.05, 0.1) is 10.6 Å². The van der Waals surface area contributed by atoms with E-state index in [0.717, 1.165) is 77.6 Å². The summed E-state index contributed by atoms with van der Waals surface area (Å²) < 4.78 is -0.419. The molecule has 0 amide bonds. The molecule has 0 aromatic heterocycles. The molecule has 2 aliphatic rings. The molecule has 1 N–H and O–H groups in total. The van der Waals surface area contributed by atoms with Crippen LogP contribution in [0.25, 0.3) is 0 Å². The minimum absolute atomic E-state index is 0.419. The van der Waals surface area contributed by atoms with Crippen LogP contribution in [0.4, 0.5) is 0 Å². The van der Waals surface area contributed by atoms with E-state index in [4.69, 9.17) is 11.6 Å². The van der Waals surface area contributed by atoms with Gasteiger partial charge in [-0.25, -0.2) is 0 Å². The van der Waals surface area contributed by atoms with Gasteiger partial charge in [0.25, 0.3) is 0 Å². The van der Waals surface area contributed by atoms with Gasteiger partial charge in [-0.3, -0.25) is 4.90 Å². The average molecular weight is 580 g/mol. The second-order valence-electron chi connectivity index (χ2n) is 9.93. The van der Waals surface area contributed by atoms with Gasteiger partial charge in [-0.15, -0.1) is 29.4 Å². The first kappa shape index (κ1) is 28.0. The summed E-state index contributed by atoms with van der Waals surface area (Å²) >= 11 is 12.0. The molecule has 6 heteroatoms. The first-order valence-electron chi connectivity index (χ1n) is 13.3. The lowest BCUT2D eigenvalue weighted by Gasteiger charge is -2.51. The van der Waals surface area contributed by atoms with Gasteiger partial charge in [0, 0.05) is 32.4 Å². The number of aliphatic hydroxyl groups is 1. The minimum atomic E-state index is -1.14. The highest BCUT2D eigenvalue weighted by Crippen LogP contribution is 2.63. The van der Waals surface area contributed by atoms with Crippen LogP contribution < -0.4 is 0 Å². The Bertz CT molecular complexity index is 1300. The van der Waals surface area contributed by atoms with Gasteiger partial charge >= 0.3 is 0 Å². The van der Waals surface area contributed by atoms with E-state index >= 15 is 0 Å². The number of aryl methyl sites for hydroxylation is 1. The van der Waals surface area contributed by atoms with E-state index in [1.807, 2.05) is 41.7 Å². The zero-order valence-electron chi connectivity index (χ0n) is 21.8. The minimum Gasteiger partial charge on any atom is -0.378 e. The number of benzene rings is 3. The van der Waals surface area contributed by atoms with Crippen molar-refractivity contribution in [3.8, 4) is 11.8 Å².